The highest BCUT2D eigenvalue weighted by Crippen LogP contribution is 2.21. The minimum Gasteiger partial charge on any atom is -0.465 e. The number of hydrogen-bond acceptors (Lipinski definition) is 5. The summed E-state index contributed by atoms with van der Waals surface area (Å²) in [5.74, 6) is -0.475. The predicted molar refractivity (Wildman–Crippen MR) is 84.7 cm³/mol. The van der Waals surface area contributed by atoms with Crippen molar-refractivity contribution < 1.29 is 22.1 Å². The van der Waals surface area contributed by atoms with Gasteiger partial charge in [-0.25, -0.2) is 0 Å². The fourth-order valence-corrected chi connectivity index (χ4v) is 2.44. The van der Waals surface area contributed by atoms with E-state index < -0.39 is 15.5 Å². The van der Waals surface area contributed by atoms with Crippen molar-refractivity contribution in [2.24, 2.45) is 5.41 Å². The van der Waals surface area contributed by atoms with Gasteiger partial charge in [0.25, 0.3) is 10.1 Å². The molecule has 0 bridgehead atoms. The molecule has 0 fully saturated rings. The molecule has 1 aromatic carbocycles. The average molecular weight is 328 g/mol. The number of rotatable bonds is 9. The van der Waals surface area contributed by atoms with E-state index >= 15 is 0 Å². The number of carbonyl (C=O) groups is 1. The van der Waals surface area contributed by atoms with Crippen molar-refractivity contribution in [3.05, 3.63) is 35.9 Å². The van der Waals surface area contributed by atoms with E-state index in [9.17, 15) is 13.2 Å². The molecule has 0 heterocycles. The summed E-state index contributed by atoms with van der Waals surface area (Å²) < 4.78 is 33.5. The molecule has 0 unspecified atom stereocenters. The third-order valence-corrected chi connectivity index (χ3v) is 4.72. The second-order valence-electron chi connectivity index (χ2n) is 5.74. The molecule has 5 nitrogen and oxygen atoms in total. The van der Waals surface area contributed by atoms with Crippen LogP contribution >= 0.6 is 0 Å². The lowest BCUT2D eigenvalue weighted by molar-refractivity contribution is -0.154. The molecular weight excluding hydrogens is 304 g/mol. The molecule has 0 saturated heterocycles. The van der Waals surface area contributed by atoms with Crippen LogP contribution in [0.3, 0.4) is 0 Å². The van der Waals surface area contributed by atoms with Crippen LogP contribution in [0.15, 0.2) is 30.3 Å². The van der Waals surface area contributed by atoms with Gasteiger partial charge in [-0.2, -0.15) is 8.42 Å². The minimum atomic E-state index is -3.61. The maximum atomic E-state index is 11.7. The lowest BCUT2D eigenvalue weighted by Crippen LogP contribution is -2.26. The molecule has 1 aromatic rings. The molecule has 6 heteroatoms. The molecule has 0 aliphatic rings. The van der Waals surface area contributed by atoms with E-state index in [-0.39, 0.29) is 31.4 Å². The fourth-order valence-electron chi connectivity index (χ4n) is 1.53. The Kier molecular flexibility index (Phi) is 7.03. The van der Waals surface area contributed by atoms with Crippen LogP contribution in [-0.4, -0.2) is 26.7 Å². The highest BCUT2D eigenvalue weighted by molar-refractivity contribution is 7.86. The highest BCUT2D eigenvalue weighted by atomic mass is 32.2. The Labute approximate surface area is 132 Å². The quantitative estimate of drug-likeness (QED) is 0.396. The van der Waals surface area contributed by atoms with E-state index in [1.807, 2.05) is 25.1 Å². The smallest absolute Gasteiger partial charge is 0.311 e. The largest absolute Gasteiger partial charge is 0.465 e. The first-order chi connectivity index (χ1) is 10.3. The van der Waals surface area contributed by atoms with Gasteiger partial charge in [0.1, 0.15) is 0 Å². The van der Waals surface area contributed by atoms with Gasteiger partial charge < -0.3 is 4.74 Å². The standard InChI is InChI=1S/C16H24O5S/c1-4-16(2,3)15(17)20-11-8-12-22(18,19)21-13-14-9-6-5-7-10-14/h5-7,9-10H,4,8,11-13H2,1-3H3. The first-order valence-electron chi connectivity index (χ1n) is 7.35. The average Bonchev–Trinajstić information content (AvgIpc) is 2.50. The first-order valence-corrected chi connectivity index (χ1v) is 8.93. The van der Waals surface area contributed by atoms with E-state index in [2.05, 4.69) is 0 Å². The zero-order chi connectivity index (χ0) is 16.6. The van der Waals surface area contributed by atoms with Crippen LogP contribution < -0.4 is 0 Å². The van der Waals surface area contributed by atoms with E-state index in [1.54, 1.807) is 26.0 Å². The maximum absolute atomic E-state index is 11.7. The van der Waals surface area contributed by atoms with Crippen molar-refractivity contribution in [2.45, 2.75) is 40.2 Å². The molecule has 0 aliphatic carbocycles. The van der Waals surface area contributed by atoms with Crippen molar-refractivity contribution in [1.82, 2.24) is 0 Å². The van der Waals surface area contributed by atoms with Crippen LogP contribution in [0.2, 0.25) is 0 Å². The van der Waals surface area contributed by atoms with Crippen molar-refractivity contribution in [1.29, 1.82) is 0 Å². The Morgan fingerprint density at radius 3 is 2.41 bits per heavy atom. The van der Waals surface area contributed by atoms with Gasteiger partial charge in [-0.15, -0.1) is 0 Å². The number of ether oxygens (including phenoxy) is 1. The minimum absolute atomic E-state index is 0.0197. The molecule has 1 rings (SSSR count). The summed E-state index contributed by atoms with van der Waals surface area (Å²) in [5, 5.41) is 0. The zero-order valence-corrected chi connectivity index (χ0v) is 14.2. The molecule has 0 aliphatic heterocycles. The number of hydrogen-bond donors (Lipinski definition) is 0. The molecule has 0 amide bonds. The maximum Gasteiger partial charge on any atom is 0.311 e. The van der Waals surface area contributed by atoms with Gasteiger partial charge in [0.15, 0.2) is 0 Å². The van der Waals surface area contributed by atoms with E-state index in [4.69, 9.17) is 8.92 Å². The Balaban J connectivity index is 2.30. The van der Waals surface area contributed by atoms with Gasteiger partial charge in [-0.1, -0.05) is 37.3 Å². The molecule has 0 saturated carbocycles. The van der Waals surface area contributed by atoms with Gasteiger partial charge >= 0.3 is 5.97 Å². The normalized spacial score (nSPS) is 12.1. The lowest BCUT2D eigenvalue weighted by Gasteiger charge is -2.20. The third kappa shape index (κ3) is 6.58. The second-order valence-corrected chi connectivity index (χ2v) is 7.50. The Morgan fingerprint density at radius 1 is 1.18 bits per heavy atom. The fraction of sp³-hybridized carbons (Fsp3) is 0.562. The molecule has 0 atom stereocenters. The zero-order valence-electron chi connectivity index (χ0n) is 13.4. The van der Waals surface area contributed by atoms with Gasteiger partial charge in [-0.05, 0) is 32.3 Å². The molecule has 0 aromatic heterocycles. The monoisotopic (exact) mass is 328 g/mol. The van der Waals surface area contributed by atoms with Gasteiger partial charge in [0.2, 0.25) is 0 Å². The van der Waals surface area contributed by atoms with Crippen LogP contribution in [-0.2, 0) is 30.4 Å². The predicted octanol–water partition coefficient (Wildman–Crippen LogP) is 2.90. The summed E-state index contributed by atoms with van der Waals surface area (Å²) in [6.45, 7) is 5.61. The Hall–Kier alpha value is -1.40. The number of esters is 1. The summed E-state index contributed by atoms with van der Waals surface area (Å²) in [4.78, 5) is 11.7. The number of carbonyl (C=O) groups excluding carboxylic acids is 1. The summed E-state index contributed by atoms with van der Waals surface area (Å²) in [7, 11) is -3.61. The van der Waals surface area contributed by atoms with Crippen molar-refractivity contribution in [3.63, 3.8) is 0 Å². The number of benzene rings is 1. The van der Waals surface area contributed by atoms with Crippen LogP contribution in [0, 0.1) is 5.41 Å². The summed E-state index contributed by atoms with van der Waals surface area (Å²) in [5.41, 5.74) is 0.255. The lowest BCUT2D eigenvalue weighted by atomic mass is 9.91. The van der Waals surface area contributed by atoms with Gasteiger partial charge in [0, 0.05) is 0 Å². The van der Waals surface area contributed by atoms with Crippen LogP contribution in [0.25, 0.3) is 0 Å². The summed E-state index contributed by atoms with van der Waals surface area (Å²) in [6.07, 6.45) is 0.896. The molecule has 0 N–H and O–H groups in total. The van der Waals surface area contributed by atoms with Crippen LogP contribution in [0.5, 0.6) is 0 Å². The Bertz CT molecular complexity index is 563. The summed E-state index contributed by atoms with van der Waals surface area (Å²) in [6, 6.07) is 9.08. The third-order valence-electron chi connectivity index (χ3n) is 3.46. The van der Waals surface area contributed by atoms with Crippen LogP contribution in [0.4, 0.5) is 0 Å². The van der Waals surface area contributed by atoms with Gasteiger partial charge in [-0.3, -0.25) is 8.98 Å². The topological polar surface area (TPSA) is 69.7 Å². The van der Waals surface area contributed by atoms with Gasteiger partial charge in [0.05, 0.1) is 24.4 Å². The van der Waals surface area contributed by atoms with Crippen molar-refractivity contribution >= 4 is 16.1 Å². The molecule has 124 valence electrons. The van der Waals surface area contributed by atoms with Crippen molar-refractivity contribution in [3.8, 4) is 0 Å². The van der Waals surface area contributed by atoms with E-state index in [0.717, 1.165) is 5.56 Å². The molecule has 0 spiro atoms. The Morgan fingerprint density at radius 2 is 1.82 bits per heavy atom. The first kappa shape index (κ1) is 18.6. The highest BCUT2D eigenvalue weighted by Gasteiger charge is 2.26. The van der Waals surface area contributed by atoms with E-state index in [1.165, 1.54) is 0 Å². The van der Waals surface area contributed by atoms with Crippen LogP contribution in [0.1, 0.15) is 39.2 Å². The van der Waals surface area contributed by atoms with E-state index in [0.29, 0.717) is 6.42 Å². The molecular formula is C16H24O5S. The second kappa shape index (κ2) is 8.29. The molecule has 0 radical (unpaired) electrons. The van der Waals surface area contributed by atoms with Crippen molar-refractivity contribution in [2.75, 3.05) is 12.4 Å². The summed E-state index contributed by atoms with van der Waals surface area (Å²) >= 11 is 0. The SMILES string of the molecule is CCC(C)(C)C(=O)OCCCS(=O)(=O)OCc1ccccc1. The molecule has 22 heavy (non-hydrogen) atoms.